The van der Waals surface area contributed by atoms with Crippen LogP contribution in [0.15, 0.2) is 62.3 Å². The van der Waals surface area contributed by atoms with E-state index in [2.05, 4.69) is 15.0 Å². The van der Waals surface area contributed by atoms with Crippen molar-refractivity contribution in [3.63, 3.8) is 0 Å². The highest BCUT2D eigenvalue weighted by atomic mass is 32.1. The quantitative estimate of drug-likeness (QED) is 0.375. The van der Waals surface area contributed by atoms with Crippen LogP contribution >= 0.6 is 11.3 Å². The Bertz CT molecular complexity index is 1370. The summed E-state index contributed by atoms with van der Waals surface area (Å²) in [5.74, 6) is 0.00143. The average Bonchev–Trinajstić information content (AvgIpc) is 3.51. The molecule has 0 spiro atoms. The zero-order valence-corrected chi connectivity index (χ0v) is 19.4. The van der Waals surface area contributed by atoms with Crippen LogP contribution < -0.4 is 21.9 Å². The maximum Gasteiger partial charge on any atom is 0.330 e. The lowest BCUT2D eigenvalue weighted by molar-refractivity contribution is -0.118. The molecule has 1 amide bonds. The molecule has 176 valence electrons. The van der Waals surface area contributed by atoms with Gasteiger partial charge in [-0.25, -0.2) is 9.78 Å². The van der Waals surface area contributed by atoms with Gasteiger partial charge in [-0.2, -0.15) is 0 Å². The fourth-order valence-electron chi connectivity index (χ4n) is 3.49. The second kappa shape index (κ2) is 10.3. The van der Waals surface area contributed by atoms with Crippen molar-refractivity contribution in [3.8, 4) is 10.6 Å². The smallest absolute Gasteiger partial charge is 0.330 e. The van der Waals surface area contributed by atoms with Gasteiger partial charge in [0.25, 0.3) is 5.56 Å². The first-order valence-corrected chi connectivity index (χ1v) is 11.7. The summed E-state index contributed by atoms with van der Waals surface area (Å²) in [6.07, 6.45) is 6.32. The zero-order chi connectivity index (χ0) is 24.1. The Labute approximate surface area is 198 Å². The van der Waals surface area contributed by atoms with Gasteiger partial charge in [0, 0.05) is 29.9 Å². The van der Waals surface area contributed by atoms with Gasteiger partial charge in [0.2, 0.25) is 5.91 Å². The number of nitrogens with one attached hydrogen (secondary N) is 1. The summed E-state index contributed by atoms with van der Waals surface area (Å²) in [5.41, 5.74) is 6.24. The number of nitrogens with two attached hydrogens (primary N) is 1. The topological polar surface area (TPSA) is 140 Å². The molecule has 4 rings (SSSR count). The first-order chi connectivity index (χ1) is 16.5. The number of nitrogens with zero attached hydrogens (tertiary/aromatic N) is 4. The third kappa shape index (κ3) is 4.99. The fourth-order valence-corrected chi connectivity index (χ4v) is 4.30. The third-order valence-electron chi connectivity index (χ3n) is 5.21. The molecule has 0 aromatic carbocycles. The number of aromatic amines is 1. The normalized spacial score (nSPS) is 11.0. The number of H-pyrrole nitrogens is 1. The van der Waals surface area contributed by atoms with Gasteiger partial charge in [-0.15, -0.1) is 11.3 Å². The molecule has 0 aliphatic carbocycles. The summed E-state index contributed by atoms with van der Waals surface area (Å²) >= 11 is 1.40. The summed E-state index contributed by atoms with van der Waals surface area (Å²) in [5, 5.41) is 2.53. The number of pyridine rings is 1. The number of amides is 1. The minimum absolute atomic E-state index is 0.0231. The van der Waals surface area contributed by atoms with E-state index in [1.807, 2.05) is 19.1 Å². The SMILES string of the molecule is CCCCn1c(N)c(N(Cc2ccco2)C(=O)Cc2csc(-c3cccnc3)n2)c(=O)[nH]c1=O. The van der Waals surface area contributed by atoms with Crippen LogP contribution in [0.4, 0.5) is 11.5 Å². The summed E-state index contributed by atoms with van der Waals surface area (Å²) in [6, 6.07) is 7.09. The van der Waals surface area contributed by atoms with Gasteiger partial charge in [0.15, 0.2) is 5.69 Å². The van der Waals surface area contributed by atoms with Gasteiger partial charge < -0.3 is 10.2 Å². The number of furan rings is 1. The Morgan fingerprint density at radius 2 is 2.15 bits per heavy atom. The number of thiazole rings is 1. The predicted molar refractivity (Wildman–Crippen MR) is 130 cm³/mol. The molecule has 0 unspecified atom stereocenters. The number of carbonyl (C=O) groups excluding carboxylic acids is 1. The lowest BCUT2D eigenvalue weighted by atomic mass is 10.2. The highest BCUT2D eigenvalue weighted by Crippen LogP contribution is 2.25. The number of anilines is 2. The number of nitrogen functional groups attached to an aromatic ring is 1. The van der Waals surface area contributed by atoms with E-state index in [-0.39, 0.29) is 24.5 Å². The van der Waals surface area contributed by atoms with Crippen LogP contribution in [0, 0.1) is 0 Å². The molecule has 0 atom stereocenters. The molecule has 34 heavy (non-hydrogen) atoms. The first kappa shape index (κ1) is 23.2. The summed E-state index contributed by atoms with van der Waals surface area (Å²) in [4.78, 5) is 50.8. The van der Waals surface area contributed by atoms with Crippen LogP contribution in [-0.4, -0.2) is 25.4 Å². The number of hydrogen-bond acceptors (Lipinski definition) is 8. The molecule has 10 nitrogen and oxygen atoms in total. The maximum absolute atomic E-state index is 13.4. The summed E-state index contributed by atoms with van der Waals surface area (Å²) < 4.78 is 6.69. The Morgan fingerprint density at radius 1 is 1.29 bits per heavy atom. The summed E-state index contributed by atoms with van der Waals surface area (Å²) in [7, 11) is 0. The summed E-state index contributed by atoms with van der Waals surface area (Å²) in [6.45, 7) is 2.28. The molecule has 0 aliphatic heterocycles. The predicted octanol–water partition coefficient (Wildman–Crippen LogP) is 2.81. The van der Waals surface area contributed by atoms with E-state index in [1.54, 1.807) is 29.9 Å². The van der Waals surface area contributed by atoms with Crippen LogP contribution in [0.3, 0.4) is 0 Å². The first-order valence-electron chi connectivity index (χ1n) is 10.8. The number of carbonyl (C=O) groups is 1. The minimum atomic E-state index is -0.732. The molecule has 0 radical (unpaired) electrons. The van der Waals surface area contributed by atoms with Crippen LogP contribution in [0.25, 0.3) is 10.6 Å². The standard InChI is InChI=1S/C23H24N6O4S/c1-2-3-9-28-20(24)19(21(31)27-23(28)32)29(13-17-7-5-10-33-17)18(30)11-16-14-34-22(26-16)15-6-4-8-25-12-15/h4-8,10,12,14H,2-3,9,11,13,24H2,1H3,(H,27,31,32). The van der Waals surface area contributed by atoms with Gasteiger partial charge in [-0.05, 0) is 30.7 Å². The van der Waals surface area contributed by atoms with Crippen molar-refractivity contribution in [2.45, 2.75) is 39.3 Å². The number of aromatic nitrogens is 4. The molecule has 4 heterocycles. The van der Waals surface area contributed by atoms with E-state index in [0.717, 1.165) is 17.0 Å². The van der Waals surface area contributed by atoms with Crippen LogP contribution in [-0.2, 0) is 24.3 Å². The van der Waals surface area contributed by atoms with Gasteiger partial charge >= 0.3 is 5.69 Å². The van der Waals surface area contributed by atoms with Gasteiger partial charge in [0.05, 0.1) is 24.9 Å². The maximum atomic E-state index is 13.4. The van der Waals surface area contributed by atoms with E-state index in [0.29, 0.717) is 24.4 Å². The highest BCUT2D eigenvalue weighted by molar-refractivity contribution is 7.13. The molecule has 4 aromatic rings. The van der Waals surface area contributed by atoms with E-state index >= 15 is 0 Å². The fraction of sp³-hybridized carbons (Fsp3) is 0.261. The van der Waals surface area contributed by atoms with E-state index in [9.17, 15) is 14.4 Å². The van der Waals surface area contributed by atoms with E-state index < -0.39 is 17.2 Å². The average molecular weight is 481 g/mol. The molecule has 0 saturated carbocycles. The molecule has 11 heteroatoms. The van der Waals surface area contributed by atoms with Crippen molar-refractivity contribution in [3.05, 3.63) is 80.6 Å². The van der Waals surface area contributed by atoms with Crippen molar-refractivity contribution < 1.29 is 9.21 Å². The highest BCUT2D eigenvalue weighted by Gasteiger charge is 2.26. The monoisotopic (exact) mass is 480 g/mol. The number of hydrogen-bond donors (Lipinski definition) is 2. The van der Waals surface area contributed by atoms with Crippen molar-refractivity contribution >= 4 is 28.7 Å². The van der Waals surface area contributed by atoms with Crippen molar-refractivity contribution in [2.24, 2.45) is 0 Å². The van der Waals surface area contributed by atoms with Crippen LogP contribution in [0.2, 0.25) is 0 Å². The Balaban J connectivity index is 1.69. The van der Waals surface area contributed by atoms with Crippen molar-refractivity contribution in [1.82, 2.24) is 19.5 Å². The molecule has 3 N–H and O–H groups in total. The molecule has 0 bridgehead atoms. The van der Waals surface area contributed by atoms with Crippen LogP contribution in [0.5, 0.6) is 0 Å². The Morgan fingerprint density at radius 3 is 2.85 bits per heavy atom. The number of rotatable bonds is 9. The van der Waals surface area contributed by atoms with Crippen molar-refractivity contribution in [2.75, 3.05) is 10.6 Å². The molecular formula is C23H24N6O4S. The minimum Gasteiger partial charge on any atom is -0.467 e. The largest absolute Gasteiger partial charge is 0.467 e. The third-order valence-corrected chi connectivity index (χ3v) is 6.15. The molecule has 0 fully saturated rings. The van der Waals surface area contributed by atoms with E-state index in [4.69, 9.17) is 10.2 Å². The lowest BCUT2D eigenvalue weighted by Crippen LogP contribution is -2.41. The molecule has 0 aliphatic rings. The Kier molecular flexibility index (Phi) is 7.02. The van der Waals surface area contributed by atoms with Gasteiger partial charge in [0.1, 0.15) is 16.6 Å². The van der Waals surface area contributed by atoms with Crippen LogP contribution in [0.1, 0.15) is 31.2 Å². The van der Waals surface area contributed by atoms with Gasteiger partial charge in [-0.1, -0.05) is 13.3 Å². The number of unbranched alkanes of at least 4 members (excludes halogenated alkanes) is 1. The molecule has 4 aromatic heterocycles. The lowest BCUT2D eigenvalue weighted by Gasteiger charge is -2.23. The van der Waals surface area contributed by atoms with E-state index in [1.165, 1.54) is 27.1 Å². The van der Waals surface area contributed by atoms with Crippen molar-refractivity contribution in [1.29, 1.82) is 0 Å². The Hall–Kier alpha value is -3.99. The second-order valence-electron chi connectivity index (χ2n) is 7.62. The molecule has 0 saturated heterocycles. The van der Waals surface area contributed by atoms with Gasteiger partial charge in [-0.3, -0.25) is 29.0 Å². The molecular weight excluding hydrogens is 456 g/mol. The zero-order valence-electron chi connectivity index (χ0n) is 18.6. The second-order valence-corrected chi connectivity index (χ2v) is 8.48.